The normalized spacial score (nSPS) is 19.8. The molecule has 1 aliphatic rings. The van der Waals surface area contributed by atoms with Crippen molar-refractivity contribution in [3.8, 4) is 0 Å². The Kier molecular flexibility index (Phi) is 8.91. The molecule has 1 unspecified atom stereocenters. The molecule has 1 aromatic carbocycles. The number of sulfonamides is 1. The molecule has 2 atom stereocenters. The van der Waals surface area contributed by atoms with E-state index in [9.17, 15) is 26.7 Å². The topological polar surface area (TPSA) is 64.1 Å². The van der Waals surface area contributed by atoms with Gasteiger partial charge in [-0.2, -0.15) is 17.5 Å². The van der Waals surface area contributed by atoms with Gasteiger partial charge in [-0.15, -0.1) is 11.3 Å². The minimum absolute atomic E-state index is 0.175. The van der Waals surface area contributed by atoms with E-state index in [1.54, 1.807) is 29.6 Å². The van der Waals surface area contributed by atoms with E-state index in [-0.39, 0.29) is 24.7 Å². The Morgan fingerprint density at radius 1 is 1.09 bits per heavy atom. The number of hydrogen-bond donors (Lipinski definition) is 1. The fourth-order valence-electron chi connectivity index (χ4n) is 4.44. The maximum atomic E-state index is 13.3. The number of piperazine rings is 1. The van der Waals surface area contributed by atoms with Gasteiger partial charge in [0.25, 0.3) is 10.0 Å². The maximum absolute atomic E-state index is 13.3. The van der Waals surface area contributed by atoms with Crippen LogP contribution >= 0.6 is 11.3 Å². The standard InChI is InChI=1S/C24H34F3N3O3S2/c1-4-12-28(13-5-2)17-21-18-29(35(32,33)22-7-6-16-34-22)14-15-30(21)20-10-8-19(9-11-20)23(3,31)24(25,26)27/h6-11,16,21,31H,4-5,12-15,17-18H2,1-3H3/t21-,23?/m0/s1. The third kappa shape index (κ3) is 6.19. The largest absolute Gasteiger partial charge is 0.421 e. The van der Waals surface area contributed by atoms with Gasteiger partial charge in [0.15, 0.2) is 5.60 Å². The Morgan fingerprint density at radius 2 is 1.71 bits per heavy atom. The number of hydrogen-bond acceptors (Lipinski definition) is 6. The summed E-state index contributed by atoms with van der Waals surface area (Å²) in [5.41, 5.74) is -2.47. The van der Waals surface area contributed by atoms with Gasteiger partial charge in [0.05, 0.1) is 6.04 Å². The molecule has 0 radical (unpaired) electrons. The number of halogens is 3. The van der Waals surface area contributed by atoms with Crippen molar-refractivity contribution in [2.24, 2.45) is 0 Å². The van der Waals surface area contributed by atoms with Crippen LogP contribution in [0.4, 0.5) is 18.9 Å². The van der Waals surface area contributed by atoms with Crippen LogP contribution in [0.15, 0.2) is 46.0 Å². The third-order valence-electron chi connectivity index (χ3n) is 6.40. The molecule has 0 saturated carbocycles. The Labute approximate surface area is 210 Å². The molecule has 1 aromatic heterocycles. The number of nitrogens with zero attached hydrogens (tertiary/aromatic N) is 3. The van der Waals surface area contributed by atoms with Gasteiger partial charge in [-0.3, -0.25) is 0 Å². The van der Waals surface area contributed by atoms with Crippen LogP contribution in [0.1, 0.15) is 39.2 Å². The Morgan fingerprint density at radius 3 is 2.23 bits per heavy atom. The molecule has 196 valence electrons. The van der Waals surface area contributed by atoms with E-state index in [4.69, 9.17) is 0 Å². The summed E-state index contributed by atoms with van der Waals surface area (Å²) in [6, 6.07) is 8.90. The highest BCUT2D eigenvalue weighted by Crippen LogP contribution is 2.39. The molecule has 2 aromatic rings. The first-order valence-corrected chi connectivity index (χ1v) is 14.2. The molecule has 6 nitrogen and oxygen atoms in total. The summed E-state index contributed by atoms with van der Waals surface area (Å²) in [5.74, 6) is 0. The van der Waals surface area contributed by atoms with Gasteiger partial charge in [0, 0.05) is 31.9 Å². The van der Waals surface area contributed by atoms with Gasteiger partial charge in [-0.05, 0) is 62.0 Å². The lowest BCUT2D eigenvalue weighted by Gasteiger charge is -2.44. The first-order valence-electron chi connectivity index (χ1n) is 11.8. The van der Waals surface area contributed by atoms with Crippen molar-refractivity contribution in [3.05, 3.63) is 47.3 Å². The van der Waals surface area contributed by atoms with Crippen molar-refractivity contribution in [1.29, 1.82) is 0 Å². The van der Waals surface area contributed by atoms with Crippen LogP contribution in [0, 0.1) is 0 Å². The van der Waals surface area contributed by atoms with Gasteiger partial charge in [0.1, 0.15) is 4.21 Å². The van der Waals surface area contributed by atoms with Crippen LogP contribution < -0.4 is 4.90 Å². The zero-order chi connectivity index (χ0) is 25.9. The highest BCUT2D eigenvalue weighted by Gasteiger charge is 2.51. The minimum Gasteiger partial charge on any atom is -0.376 e. The van der Waals surface area contributed by atoms with E-state index in [2.05, 4.69) is 23.6 Å². The average molecular weight is 534 g/mol. The predicted octanol–water partition coefficient (Wildman–Crippen LogP) is 4.52. The number of aliphatic hydroxyl groups is 1. The van der Waals surface area contributed by atoms with E-state index in [1.165, 1.54) is 27.8 Å². The molecular weight excluding hydrogens is 499 g/mol. The monoisotopic (exact) mass is 533 g/mol. The summed E-state index contributed by atoms with van der Waals surface area (Å²) in [6.45, 7) is 8.31. The van der Waals surface area contributed by atoms with E-state index in [0.717, 1.165) is 32.9 Å². The van der Waals surface area contributed by atoms with Gasteiger partial charge in [-0.25, -0.2) is 8.42 Å². The van der Waals surface area contributed by atoms with Gasteiger partial charge in [0.2, 0.25) is 0 Å². The summed E-state index contributed by atoms with van der Waals surface area (Å²) in [6.07, 6.45) is -2.87. The molecule has 1 fully saturated rings. The molecule has 1 N–H and O–H groups in total. The van der Waals surface area contributed by atoms with Crippen molar-refractivity contribution >= 4 is 27.0 Å². The first-order chi connectivity index (χ1) is 16.4. The first kappa shape index (κ1) is 27.9. The summed E-state index contributed by atoms with van der Waals surface area (Å²) < 4.78 is 68.0. The van der Waals surface area contributed by atoms with Crippen LogP contribution in [-0.2, 0) is 15.6 Å². The number of thiophene rings is 1. The average Bonchev–Trinajstić information content (AvgIpc) is 3.35. The van der Waals surface area contributed by atoms with Crippen LogP contribution in [0.25, 0.3) is 0 Å². The number of alkyl halides is 3. The maximum Gasteiger partial charge on any atom is 0.421 e. The molecule has 0 bridgehead atoms. The summed E-state index contributed by atoms with van der Waals surface area (Å²) >= 11 is 1.19. The Bertz CT molecular complexity index is 1040. The fourth-order valence-corrected chi connectivity index (χ4v) is 7.06. The van der Waals surface area contributed by atoms with Crippen molar-refractivity contribution in [3.63, 3.8) is 0 Å². The summed E-state index contributed by atoms with van der Waals surface area (Å²) in [4.78, 5) is 4.38. The molecule has 11 heteroatoms. The van der Waals surface area contributed by atoms with Crippen molar-refractivity contribution in [2.45, 2.75) is 55.6 Å². The molecule has 0 amide bonds. The zero-order valence-corrected chi connectivity index (χ0v) is 22.0. The molecular formula is C24H34F3N3O3S2. The molecule has 2 heterocycles. The summed E-state index contributed by atoms with van der Waals surface area (Å²) in [7, 11) is -3.61. The number of rotatable bonds is 10. The minimum atomic E-state index is -4.79. The smallest absolute Gasteiger partial charge is 0.376 e. The van der Waals surface area contributed by atoms with Crippen molar-refractivity contribution in [2.75, 3.05) is 44.2 Å². The van der Waals surface area contributed by atoms with Crippen molar-refractivity contribution in [1.82, 2.24) is 9.21 Å². The lowest BCUT2D eigenvalue weighted by Crippen LogP contribution is -2.58. The Balaban J connectivity index is 1.89. The molecule has 0 spiro atoms. The van der Waals surface area contributed by atoms with Crippen LogP contribution in [0.3, 0.4) is 0 Å². The number of anilines is 1. The summed E-state index contributed by atoms with van der Waals surface area (Å²) in [5, 5.41) is 11.7. The second kappa shape index (κ2) is 11.2. The highest BCUT2D eigenvalue weighted by molar-refractivity contribution is 7.91. The van der Waals surface area contributed by atoms with E-state index >= 15 is 0 Å². The lowest BCUT2D eigenvalue weighted by molar-refractivity contribution is -0.258. The van der Waals surface area contributed by atoms with Gasteiger partial charge >= 0.3 is 6.18 Å². The van der Waals surface area contributed by atoms with Gasteiger partial charge < -0.3 is 14.9 Å². The lowest BCUT2D eigenvalue weighted by atomic mass is 9.95. The highest BCUT2D eigenvalue weighted by atomic mass is 32.2. The second-order valence-corrected chi connectivity index (χ2v) is 12.2. The SMILES string of the molecule is CCCN(CCC)C[C@H]1CN(S(=O)(=O)c2cccs2)CCN1c1ccc(C(C)(O)C(F)(F)F)cc1. The zero-order valence-electron chi connectivity index (χ0n) is 20.3. The van der Waals surface area contributed by atoms with Crippen molar-refractivity contribution < 1.29 is 26.7 Å². The van der Waals surface area contributed by atoms with E-state index < -0.39 is 21.8 Å². The third-order valence-corrected chi connectivity index (χ3v) is 9.63. The molecule has 1 saturated heterocycles. The second-order valence-electron chi connectivity index (χ2n) is 9.06. The predicted molar refractivity (Wildman–Crippen MR) is 133 cm³/mol. The molecule has 1 aliphatic heterocycles. The fraction of sp³-hybridized carbons (Fsp3) is 0.583. The van der Waals surface area contributed by atoms with Crippen LogP contribution in [-0.4, -0.2) is 74.2 Å². The van der Waals surface area contributed by atoms with E-state index in [1.807, 2.05) is 0 Å². The Hall–Kier alpha value is -1.66. The van der Waals surface area contributed by atoms with Crippen LogP contribution in [0.5, 0.6) is 0 Å². The molecule has 35 heavy (non-hydrogen) atoms. The van der Waals surface area contributed by atoms with Crippen LogP contribution in [0.2, 0.25) is 0 Å². The number of benzene rings is 1. The quantitative estimate of drug-likeness (QED) is 0.487. The molecule has 3 rings (SSSR count). The van der Waals surface area contributed by atoms with Gasteiger partial charge in [-0.1, -0.05) is 32.0 Å². The van der Waals surface area contributed by atoms with E-state index in [0.29, 0.717) is 23.0 Å². The molecule has 0 aliphatic carbocycles.